The molecule has 0 unspecified atom stereocenters. The molecule has 4 heteroatoms. The molecule has 1 heterocycles. The van der Waals surface area contributed by atoms with E-state index in [1.165, 1.54) is 17.7 Å². The highest BCUT2D eigenvalue weighted by molar-refractivity contribution is 9.10. The van der Waals surface area contributed by atoms with Crippen LogP contribution in [0.3, 0.4) is 0 Å². The van der Waals surface area contributed by atoms with Crippen LogP contribution in [0.4, 0.5) is 10.1 Å². The van der Waals surface area contributed by atoms with Gasteiger partial charge in [-0.3, -0.25) is 0 Å². The normalized spacial score (nSPS) is 10.4. The largest absolute Gasteiger partial charge is 0.380 e. The van der Waals surface area contributed by atoms with Crippen LogP contribution in [0.2, 0.25) is 0 Å². The van der Waals surface area contributed by atoms with Crippen molar-refractivity contribution in [2.45, 2.75) is 6.54 Å². The predicted octanol–water partition coefficient (Wildman–Crippen LogP) is 3.54. The summed E-state index contributed by atoms with van der Waals surface area (Å²) in [4.78, 5) is 0. The highest BCUT2D eigenvalue weighted by Crippen LogP contribution is 2.23. The van der Waals surface area contributed by atoms with Crippen molar-refractivity contribution in [1.82, 2.24) is 4.57 Å². The lowest BCUT2D eigenvalue weighted by Crippen LogP contribution is -1.99. The van der Waals surface area contributed by atoms with E-state index in [2.05, 4.69) is 21.2 Å². The van der Waals surface area contributed by atoms with Crippen LogP contribution in [-0.4, -0.2) is 4.57 Å². The minimum Gasteiger partial charge on any atom is -0.380 e. The Morgan fingerprint density at radius 2 is 2.19 bits per heavy atom. The van der Waals surface area contributed by atoms with Gasteiger partial charge in [0.1, 0.15) is 5.82 Å². The molecule has 0 spiro atoms. The van der Waals surface area contributed by atoms with E-state index in [4.69, 9.17) is 0 Å². The molecule has 1 aromatic carbocycles. The number of halogens is 2. The van der Waals surface area contributed by atoms with Gasteiger partial charge in [-0.15, -0.1) is 0 Å². The molecule has 0 atom stereocenters. The van der Waals surface area contributed by atoms with Crippen LogP contribution in [0.1, 0.15) is 5.56 Å². The number of aryl methyl sites for hydroxylation is 1. The van der Waals surface area contributed by atoms with E-state index < -0.39 is 0 Å². The van der Waals surface area contributed by atoms with Gasteiger partial charge in [-0.1, -0.05) is 0 Å². The van der Waals surface area contributed by atoms with Crippen molar-refractivity contribution >= 4 is 21.6 Å². The van der Waals surface area contributed by atoms with Gasteiger partial charge in [0.25, 0.3) is 0 Å². The summed E-state index contributed by atoms with van der Waals surface area (Å²) < 4.78 is 15.9. The van der Waals surface area contributed by atoms with Gasteiger partial charge < -0.3 is 9.88 Å². The number of hydrogen-bond acceptors (Lipinski definition) is 1. The number of rotatable bonds is 3. The number of anilines is 1. The van der Waals surface area contributed by atoms with Gasteiger partial charge in [0.05, 0.1) is 5.69 Å². The van der Waals surface area contributed by atoms with Gasteiger partial charge in [-0.05, 0) is 45.8 Å². The highest BCUT2D eigenvalue weighted by Gasteiger charge is 2.01. The second-order valence-electron chi connectivity index (χ2n) is 3.66. The molecule has 1 aromatic heterocycles. The molecule has 0 aliphatic heterocycles. The standard InChI is InChI=1S/C12H12BrFN2/c1-16-5-4-9(8-16)7-15-12-6-10(14)2-3-11(12)13/h2-6,8,15H,7H2,1H3. The number of nitrogens with one attached hydrogen (secondary N) is 1. The summed E-state index contributed by atoms with van der Waals surface area (Å²) in [5.74, 6) is -0.237. The molecule has 0 aliphatic rings. The van der Waals surface area contributed by atoms with Crippen molar-refractivity contribution in [1.29, 1.82) is 0 Å². The average Bonchev–Trinajstić information content (AvgIpc) is 2.66. The van der Waals surface area contributed by atoms with Gasteiger partial charge in [0.2, 0.25) is 0 Å². The number of aromatic nitrogens is 1. The van der Waals surface area contributed by atoms with E-state index in [1.54, 1.807) is 6.07 Å². The maximum absolute atomic E-state index is 13.0. The van der Waals surface area contributed by atoms with Crippen LogP contribution in [-0.2, 0) is 13.6 Å². The molecule has 0 saturated heterocycles. The van der Waals surface area contributed by atoms with Crippen molar-refractivity contribution in [3.05, 3.63) is 52.5 Å². The van der Waals surface area contributed by atoms with Crippen LogP contribution in [0.5, 0.6) is 0 Å². The van der Waals surface area contributed by atoms with Crippen molar-refractivity contribution in [2.24, 2.45) is 7.05 Å². The van der Waals surface area contributed by atoms with Gasteiger partial charge >= 0.3 is 0 Å². The molecule has 0 aliphatic carbocycles. The first-order valence-corrected chi connectivity index (χ1v) is 5.74. The third-order valence-electron chi connectivity index (χ3n) is 2.30. The lowest BCUT2D eigenvalue weighted by atomic mass is 10.3. The summed E-state index contributed by atoms with van der Waals surface area (Å²) >= 11 is 3.37. The quantitative estimate of drug-likeness (QED) is 0.911. The highest BCUT2D eigenvalue weighted by atomic mass is 79.9. The number of hydrogen-bond donors (Lipinski definition) is 1. The minimum absolute atomic E-state index is 0.237. The Labute approximate surface area is 102 Å². The molecule has 0 saturated carbocycles. The van der Waals surface area contributed by atoms with E-state index in [1.807, 2.05) is 30.1 Å². The van der Waals surface area contributed by atoms with Crippen molar-refractivity contribution in [2.75, 3.05) is 5.32 Å². The molecule has 2 aromatic rings. The maximum atomic E-state index is 13.0. The smallest absolute Gasteiger partial charge is 0.125 e. The first-order chi connectivity index (χ1) is 7.65. The Morgan fingerprint density at radius 3 is 2.88 bits per heavy atom. The van der Waals surface area contributed by atoms with Gasteiger partial charge in [0, 0.05) is 30.5 Å². The molecular weight excluding hydrogens is 271 g/mol. The predicted molar refractivity (Wildman–Crippen MR) is 66.8 cm³/mol. The SMILES string of the molecule is Cn1ccc(CNc2cc(F)ccc2Br)c1. The van der Waals surface area contributed by atoms with Crippen molar-refractivity contribution < 1.29 is 4.39 Å². The molecule has 16 heavy (non-hydrogen) atoms. The molecule has 0 fully saturated rings. The van der Waals surface area contributed by atoms with Crippen molar-refractivity contribution in [3.63, 3.8) is 0 Å². The topological polar surface area (TPSA) is 17.0 Å². The fraction of sp³-hybridized carbons (Fsp3) is 0.167. The number of benzene rings is 1. The minimum atomic E-state index is -0.237. The van der Waals surface area contributed by atoms with E-state index >= 15 is 0 Å². The van der Waals surface area contributed by atoms with Crippen LogP contribution in [0, 0.1) is 5.82 Å². The lowest BCUT2D eigenvalue weighted by molar-refractivity contribution is 0.628. The molecule has 0 radical (unpaired) electrons. The van der Waals surface area contributed by atoms with Crippen molar-refractivity contribution in [3.8, 4) is 0 Å². The van der Waals surface area contributed by atoms with Gasteiger partial charge in [-0.25, -0.2) is 4.39 Å². The van der Waals surface area contributed by atoms with E-state index in [9.17, 15) is 4.39 Å². The second-order valence-corrected chi connectivity index (χ2v) is 4.52. The zero-order valence-corrected chi connectivity index (χ0v) is 10.5. The summed E-state index contributed by atoms with van der Waals surface area (Å²) in [6.07, 6.45) is 4.01. The van der Waals surface area contributed by atoms with Crippen LogP contribution < -0.4 is 5.32 Å². The Balaban J connectivity index is 2.07. The second kappa shape index (κ2) is 4.70. The lowest BCUT2D eigenvalue weighted by Gasteiger charge is -2.07. The van der Waals surface area contributed by atoms with E-state index in [0.717, 1.165) is 10.2 Å². The molecule has 84 valence electrons. The first kappa shape index (κ1) is 11.2. The zero-order valence-electron chi connectivity index (χ0n) is 8.87. The van der Waals surface area contributed by atoms with E-state index in [-0.39, 0.29) is 5.82 Å². The summed E-state index contributed by atoms with van der Waals surface area (Å²) in [6, 6.07) is 6.63. The van der Waals surface area contributed by atoms with Gasteiger partial charge in [-0.2, -0.15) is 0 Å². The van der Waals surface area contributed by atoms with Crippen LogP contribution in [0.25, 0.3) is 0 Å². The molecule has 2 rings (SSSR count). The summed E-state index contributed by atoms with van der Waals surface area (Å²) in [6.45, 7) is 0.683. The third-order valence-corrected chi connectivity index (χ3v) is 3.00. The van der Waals surface area contributed by atoms with Crippen LogP contribution in [0.15, 0.2) is 41.1 Å². The average molecular weight is 283 g/mol. The monoisotopic (exact) mass is 282 g/mol. The number of nitrogens with zero attached hydrogens (tertiary/aromatic N) is 1. The van der Waals surface area contributed by atoms with Crippen LogP contribution >= 0.6 is 15.9 Å². The van der Waals surface area contributed by atoms with Gasteiger partial charge in [0.15, 0.2) is 0 Å². The molecule has 0 bridgehead atoms. The van der Waals surface area contributed by atoms with E-state index in [0.29, 0.717) is 6.54 Å². The Bertz CT molecular complexity index is 494. The Hall–Kier alpha value is -1.29. The molecular formula is C12H12BrFN2. The maximum Gasteiger partial charge on any atom is 0.125 e. The molecule has 0 amide bonds. The third kappa shape index (κ3) is 2.64. The molecule has 1 N–H and O–H groups in total. The Kier molecular flexibility index (Phi) is 3.29. The zero-order chi connectivity index (χ0) is 11.5. The summed E-state index contributed by atoms with van der Waals surface area (Å²) in [5, 5.41) is 3.18. The fourth-order valence-corrected chi connectivity index (χ4v) is 1.88. The first-order valence-electron chi connectivity index (χ1n) is 4.95. The Morgan fingerprint density at radius 1 is 1.38 bits per heavy atom. The summed E-state index contributed by atoms with van der Waals surface area (Å²) in [5.41, 5.74) is 1.93. The fourth-order valence-electron chi connectivity index (χ4n) is 1.50. The summed E-state index contributed by atoms with van der Waals surface area (Å²) in [7, 11) is 1.97. The molecule has 2 nitrogen and oxygen atoms in total.